The maximum Gasteiger partial charge on any atom is 0.338 e. The van der Waals surface area contributed by atoms with Crippen LogP contribution in [0.15, 0.2) is 41.5 Å². The van der Waals surface area contributed by atoms with Gasteiger partial charge in [0.1, 0.15) is 17.4 Å². The molecule has 0 aliphatic heterocycles. The zero-order chi connectivity index (χ0) is 11.3. The third-order valence-electron chi connectivity index (χ3n) is 1.65. The van der Waals surface area contributed by atoms with Crippen LogP contribution in [0.4, 0.5) is 0 Å². The Morgan fingerprint density at radius 1 is 1.20 bits per heavy atom. The number of carbonyl (C=O) groups is 1. The minimum Gasteiger partial charge on any atom is -0.387 e. The molecule has 15 heavy (non-hydrogen) atoms. The van der Waals surface area contributed by atoms with Gasteiger partial charge in [-0.05, 0) is 19.1 Å². The molecule has 0 saturated heterocycles. The molecule has 0 heterocycles. The number of rotatable bonds is 4. The second kappa shape index (κ2) is 4.75. The van der Waals surface area contributed by atoms with Crippen LogP contribution in [0.5, 0.6) is 0 Å². The molecular weight excluding hydrogens is 216 g/mol. The van der Waals surface area contributed by atoms with Crippen LogP contribution >= 0.6 is 0 Å². The van der Waals surface area contributed by atoms with E-state index in [0.717, 1.165) is 17.9 Å². The first-order chi connectivity index (χ1) is 7.06. The van der Waals surface area contributed by atoms with Gasteiger partial charge in [-0.2, -0.15) is 8.42 Å². The molecule has 5 heteroatoms. The van der Waals surface area contributed by atoms with Crippen molar-refractivity contribution < 1.29 is 17.4 Å². The summed E-state index contributed by atoms with van der Waals surface area (Å²) in [6, 6.07) is 6.22. The van der Waals surface area contributed by atoms with E-state index in [9.17, 15) is 13.2 Å². The Balaban J connectivity index is 2.91. The number of carbonyl (C=O) groups excluding carboxylic acids is 1. The molecule has 0 fully saturated rings. The Morgan fingerprint density at radius 3 is 2.33 bits per heavy atom. The van der Waals surface area contributed by atoms with E-state index in [-0.39, 0.29) is 4.90 Å². The largest absolute Gasteiger partial charge is 0.387 e. The monoisotopic (exact) mass is 226 g/mol. The van der Waals surface area contributed by atoms with Gasteiger partial charge in [0.05, 0.1) is 0 Å². The number of aldehydes is 1. The third-order valence-corrected chi connectivity index (χ3v) is 2.86. The van der Waals surface area contributed by atoms with Crippen molar-refractivity contribution in [1.82, 2.24) is 0 Å². The Hall–Kier alpha value is -1.62. The highest BCUT2D eigenvalue weighted by Crippen LogP contribution is 2.13. The maximum absolute atomic E-state index is 11.4. The molecule has 0 unspecified atom stereocenters. The van der Waals surface area contributed by atoms with E-state index in [1.54, 1.807) is 12.1 Å². The molecule has 0 aliphatic rings. The summed E-state index contributed by atoms with van der Waals surface area (Å²) in [6.45, 7) is 1.85. The first-order valence-corrected chi connectivity index (χ1v) is 5.57. The zero-order valence-corrected chi connectivity index (χ0v) is 8.90. The van der Waals surface area contributed by atoms with E-state index in [1.165, 1.54) is 12.1 Å². The van der Waals surface area contributed by atoms with Gasteiger partial charge in [0, 0.05) is 6.08 Å². The van der Waals surface area contributed by atoms with Crippen LogP contribution in [0.3, 0.4) is 0 Å². The van der Waals surface area contributed by atoms with Crippen molar-refractivity contribution in [3.8, 4) is 0 Å². The number of hydrogen-bond donors (Lipinski definition) is 0. The van der Waals surface area contributed by atoms with Crippen LogP contribution in [0.2, 0.25) is 0 Å². The van der Waals surface area contributed by atoms with Gasteiger partial charge in [0.15, 0.2) is 0 Å². The molecule has 0 aliphatic carbocycles. The van der Waals surface area contributed by atoms with Crippen LogP contribution in [-0.2, 0) is 19.1 Å². The molecule has 80 valence electrons. The van der Waals surface area contributed by atoms with Gasteiger partial charge < -0.3 is 4.18 Å². The van der Waals surface area contributed by atoms with E-state index in [0.29, 0.717) is 6.29 Å². The molecule has 1 aromatic carbocycles. The number of benzene rings is 1. The van der Waals surface area contributed by atoms with Gasteiger partial charge >= 0.3 is 10.1 Å². The first-order valence-electron chi connectivity index (χ1n) is 4.16. The first kappa shape index (κ1) is 11.5. The molecule has 0 saturated carbocycles. The molecular formula is C10H10O4S. The van der Waals surface area contributed by atoms with Crippen molar-refractivity contribution >= 4 is 16.4 Å². The van der Waals surface area contributed by atoms with E-state index >= 15 is 0 Å². The third kappa shape index (κ3) is 3.21. The highest BCUT2D eigenvalue weighted by Gasteiger charge is 2.12. The summed E-state index contributed by atoms with van der Waals surface area (Å²) in [4.78, 5) is 9.97. The second-order valence-corrected chi connectivity index (χ2v) is 4.40. The van der Waals surface area contributed by atoms with Gasteiger partial charge in [0.2, 0.25) is 0 Å². The van der Waals surface area contributed by atoms with Crippen LogP contribution in [0.1, 0.15) is 5.56 Å². The van der Waals surface area contributed by atoms with Crippen LogP contribution in [-0.4, -0.2) is 14.7 Å². The maximum atomic E-state index is 11.4. The summed E-state index contributed by atoms with van der Waals surface area (Å²) in [5.41, 5.74) is 0.956. The minimum atomic E-state index is -3.79. The Labute approximate surface area is 88.3 Å². The van der Waals surface area contributed by atoms with Crippen molar-refractivity contribution in [2.24, 2.45) is 0 Å². The lowest BCUT2D eigenvalue weighted by molar-refractivity contribution is -0.104. The molecule has 4 nitrogen and oxygen atoms in total. The van der Waals surface area contributed by atoms with Crippen LogP contribution in [0, 0.1) is 6.92 Å². The normalized spacial score (nSPS) is 11.5. The quantitative estimate of drug-likeness (QED) is 0.337. The van der Waals surface area contributed by atoms with Crippen molar-refractivity contribution in [3.05, 3.63) is 42.2 Å². The zero-order valence-electron chi connectivity index (χ0n) is 8.08. The molecule has 0 radical (unpaired) electrons. The fraction of sp³-hybridized carbons (Fsp3) is 0.100. The lowest BCUT2D eigenvalue weighted by atomic mass is 10.2. The molecule has 1 rings (SSSR count). The second-order valence-electron chi connectivity index (χ2n) is 2.83. The molecule has 0 aromatic heterocycles. The van der Waals surface area contributed by atoms with Crippen LogP contribution < -0.4 is 0 Å². The lowest BCUT2D eigenvalue weighted by Crippen LogP contribution is -2.01. The Morgan fingerprint density at radius 2 is 1.80 bits per heavy atom. The van der Waals surface area contributed by atoms with Crippen molar-refractivity contribution in [3.63, 3.8) is 0 Å². The van der Waals surface area contributed by atoms with E-state index < -0.39 is 10.1 Å². The van der Waals surface area contributed by atoms with Crippen LogP contribution in [0.25, 0.3) is 0 Å². The van der Waals surface area contributed by atoms with Gasteiger partial charge in [-0.3, -0.25) is 4.79 Å². The Kier molecular flexibility index (Phi) is 3.62. The van der Waals surface area contributed by atoms with E-state index in [2.05, 4.69) is 4.18 Å². The fourth-order valence-corrected chi connectivity index (χ4v) is 1.69. The van der Waals surface area contributed by atoms with Crippen molar-refractivity contribution in [2.75, 3.05) is 0 Å². The predicted octanol–water partition coefficient (Wildman–Crippen LogP) is 1.41. The summed E-state index contributed by atoms with van der Waals surface area (Å²) in [7, 11) is -3.79. The van der Waals surface area contributed by atoms with Gasteiger partial charge in [-0.15, -0.1) is 0 Å². The number of aryl methyl sites for hydroxylation is 1. The summed E-state index contributed by atoms with van der Waals surface area (Å²) in [5, 5.41) is 0. The summed E-state index contributed by atoms with van der Waals surface area (Å²) in [6.07, 6.45) is 2.23. The standard InChI is InChI=1S/C10H10O4S/c1-9-3-5-10(6-4-9)15(12,13)14-8-2-7-11/h2-8H,1H3. The lowest BCUT2D eigenvalue weighted by Gasteiger charge is -2.02. The van der Waals surface area contributed by atoms with Crippen molar-refractivity contribution in [2.45, 2.75) is 11.8 Å². The minimum absolute atomic E-state index is 0.0589. The van der Waals surface area contributed by atoms with Gasteiger partial charge in [0.25, 0.3) is 0 Å². The molecule has 1 aromatic rings. The summed E-state index contributed by atoms with van der Waals surface area (Å²) in [5.74, 6) is 0. The average molecular weight is 226 g/mol. The molecule has 0 atom stereocenters. The molecule has 0 bridgehead atoms. The topological polar surface area (TPSA) is 60.4 Å². The van der Waals surface area contributed by atoms with Crippen molar-refractivity contribution in [1.29, 1.82) is 0 Å². The summed E-state index contributed by atoms with van der Waals surface area (Å²) < 4.78 is 27.3. The summed E-state index contributed by atoms with van der Waals surface area (Å²) >= 11 is 0. The molecule has 0 amide bonds. The predicted molar refractivity (Wildman–Crippen MR) is 54.7 cm³/mol. The highest BCUT2D eigenvalue weighted by molar-refractivity contribution is 7.86. The smallest absolute Gasteiger partial charge is 0.338 e. The van der Waals surface area contributed by atoms with Gasteiger partial charge in [-0.1, -0.05) is 17.7 Å². The SMILES string of the molecule is Cc1ccc(S(=O)(=O)OC=CC=O)cc1. The van der Waals surface area contributed by atoms with E-state index in [1.807, 2.05) is 6.92 Å². The molecule has 0 spiro atoms. The number of allylic oxidation sites excluding steroid dienone is 1. The number of hydrogen-bond acceptors (Lipinski definition) is 4. The Bertz CT molecular complexity index is 457. The fourth-order valence-electron chi connectivity index (χ4n) is 0.898. The van der Waals surface area contributed by atoms with E-state index in [4.69, 9.17) is 0 Å². The molecule has 0 N–H and O–H groups in total. The van der Waals surface area contributed by atoms with Gasteiger partial charge in [-0.25, -0.2) is 0 Å². The highest BCUT2D eigenvalue weighted by atomic mass is 32.2. The average Bonchev–Trinajstić information content (AvgIpc) is 2.18.